The molecule has 1 aromatic heterocycles. The fourth-order valence-corrected chi connectivity index (χ4v) is 2.12. The SMILES string of the molecule is CN1CCC[C@H]1COc1cnc(Cl)c(Cl)c1.Cl.Cl. The summed E-state index contributed by atoms with van der Waals surface area (Å²) < 4.78 is 5.65. The maximum Gasteiger partial charge on any atom is 0.147 e. The molecule has 0 aliphatic carbocycles. The number of hydrogen-bond acceptors (Lipinski definition) is 3. The Morgan fingerprint density at radius 3 is 2.72 bits per heavy atom. The normalized spacial score (nSPS) is 18.9. The van der Waals surface area contributed by atoms with Gasteiger partial charge in [-0.25, -0.2) is 4.98 Å². The van der Waals surface area contributed by atoms with Gasteiger partial charge in [0.05, 0.1) is 11.2 Å². The molecule has 1 aliphatic heterocycles. The highest BCUT2D eigenvalue weighted by Gasteiger charge is 2.21. The van der Waals surface area contributed by atoms with E-state index >= 15 is 0 Å². The molecule has 0 amide bonds. The Morgan fingerprint density at radius 1 is 1.44 bits per heavy atom. The van der Waals surface area contributed by atoms with E-state index in [1.165, 1.54) is 12.8 Å². The number of aromatic nitrogens is 1. The molecule has 0 bridgehead atoms. The summed E-state index contributed by atoms with van der Waals surface area (Å²) in [5, 5.41) is 0.742. The minimum Gasteiger partial charge on any atom is -0.490 e. The molecule has 18 heavy (non-hydrogen) atoms. The van der Waals surface area contributed by atoms with Gasteiger partial charge < -0.3 is 9.64 Å². The molecule has 1 fully saturated rings. The summed E-state index contributed by atoms with van der Waals surface area (Å²) in [6, 6.07) is 2.20. The molecule has 104 valence electrons. The first-order chi connectivity index (χ1) is 7.66. The Kier molecular flexibility index (Phi) is 8.31. The lowest BCUT2D eigenvalue weighted by Crippen LogP contribution is -2.30. The molecule has 0 saturated carbocycles. The molecule has 0 N–H and O–H groups in total. The van der Waals surface area contributed by atoms with Crippen molar-refractivity contribution in [2.75, 3.05) is 20.2 Å². The zero-order valence-electron chi connectivity index (χ0n) is 9.94. The van der Waals surface area contributed by atoms with Gasteiger partial charge in [0.25, 0.3) is 0 Å². The quantitative estimate of drug-likeness (QED) is 0.788. The molecule has 1 aliphatic rings. The van der Waals surface area contributed by atoms with Gasteiger partial charge in [-0.05, 0) is 26.4 Å². The van der Waals surface area contributed by atoms with Crippen LogP contribution in [0, 0.1) is 0 Å². The average Bonchev–Trinajstić information content (AvgIpc) is 2.66. The summed E-state index contributed by atoms with van der Waals surface area (Å²) >= 11 is 11.6. The molecule has 0 aromatic carbocycles. The van der Waals surface area contributed by atoms with E-state index in [1.54, 1.807) is 12.3 Å². The number of nitrogens with zero attached hydrogens (tertiary/aromatic N) is 2. The summed E-state index contributed by atoms with van der Waals surface area (Å²) in [7, 11) is 2.12. The van der Waals surface area contributed by atoms with Gasteiger partial charge in [0.1, 0.15) is 17.5 Å². The first-order valence-electron chi connectivity index (χ1n) is 5.31. The smallest absolute Gasteiger partial charge is 0.147 e. The maximum atomic E-state index is 5.85. The average molecular weight is 334 g/mol. The second kappa shape index (κ2) is 8.28. The van der Waals surface area contributed by atoms with Crippen molar-refractivity contribution in [2.24, 2.45) is 0 Å². The summed E-state index contributed by atoms with van der Waals surface area (Å²) in [6.45, 7) is 1.82. The molecule has 2 rings (SSSR count). The minimum absolute atomic E-state index is 0. The van der Waals surface area contributed by atoms with E-state index in [9.17, 15) is 0 Å². The number of likely N-dealkylation sites (N-methyl/N-ethyl adjacent to an activating group) is 1. The van der Waals surface area contributed by atoms with E-state index in [0.29, 0.717) is 28.6 Å². The van der Waals surface area contributed by atoms with Gasteiger partial charge in [-0.2, -0.15) is 0 Å². The highest BCUT2D eigenvalue weighted by atomic mass is 35.5. The molecular weight excluding hydrogens is 318 g/mol. The Labute approximate surface area is 130 Å². The Bertz CT molecular complexity index is 378. The van der Waals surface area contributed by atoms with E-state index < -0.39 is 0 Å². The van der Waals surface area contributed by atoms with Crippen LogP contribution >= 0.6 is 48.0 Å². The van der Waals surface area contributed by atoms with Crippen LogP contribution in [0.2, 0.25) is 10.2 Å². The van der Waals surface area contributed by atoms with Crippen molar-refractivity contribution in [3.8, 4) is 5.75 Å². The van der Waals surface area contributed by atoms with Crippen LogP contribution in [0.15, 0.2) is 12.3 Å². The number of ether oxygens (including phenoxy) is 1. The van der Waals surface area contributed by atoms with Crippen LogP contribution in [0.5, 0.6) is 5.75 Å². The molecule has 0 spiro atoms. The lowest BCUT2D eigenvalue weighted by molar-refractivity contribution is 0.198. The Morgan fingerprint density at radius 2 is 2.17 bits per heavy atom. The molecule has 1 aromatic rings. The summed E-state index contributed by atoms with van der Waals surface area (Å²) in [4.78, 5) is 6.25. The van der Waals surface area contributed by atoms with Gasteiger partial charge >= 0.3 is 0 Å². The zero-order chi connectivity index (χ0) is 11.5. The van der Waals surface area contributed by atoms with Gasteiger partial charge in [-0.1, -0.05) is 23.2 Å². The first-order valence-corrected chi connectivity index (χ1v) is 6.06. The molecule has 1 saturated heterocycles. The molecule has 3 nitrogen and oxygen atoms in total. The van der Waals surface area contributed by atoms with Crippen LogP contribution < -0.4 is 4.74 Å². The Balaban J connectivity index is 0.00000144. The van der Waals surface area contributed by atoms with Crippen LogP contribution in [0.4, 0.5) is 0 Å². The van der Waals surface area contributed by atoms with E-state index in [2.05, 4.69) is 16.9 Å². The highest BCUT2D eigenvalue weighted by molar-refractivity contribution is 6.41. The van der Waals surface area contributed by atoms with E-state index in [1.807, 2.05) is 0 Å². The predicted molar refractivity (Wildman–Crippen MR) is 79.9 cm³/mol. The fourth-order valence-electron chi connectivity index (χ4n) is 1.86. The third kappa shape index (κ3) is 4.63. The number of pyridine rings is 1. The number of halogens is 4. The van der Waals surface area contributed by atoms with E-state index in [0.717, 1.165) is 6.54 Å². The molecule has 0 unspecified atom stereocenters. The van der Waals surface area contributed by atoms with Crippen LogP contribution in [-0.4, -0.2) is 36.1 Å². The van der Waals surface area contributed by atoms with Crippen molar-refractivity contribution in [3.05, 3.63) is 22.4 Å². The van der Waals surface area contributed by atoms with Crippen molar-refractivity contribution in [3.63, 3.8) is 0 Å². The molecule has 1 atom stereocenters. The third-order valence-electron chi connectivity index (χ3n) is 2.89. The number of hydrogen-bond donors (Lipinski definition) is 0. The van der Waals surface area contributed by atoms with Crippen LogP contribution in [-0.2, 0) is 0 Å². The number of likely N-dealkylation sites (tertiary alicyclic amines) is 1. The molecule has 0 radical (unpaired) electrons. The molecular formula is C11H16Cl4N2O. The summed E-state index contributed by atoms with van der Waals surface area (Å²) in [6.07, 6.45) is 4.03. The van der Waals surface area contributed by atoms with Crippen LogP contribution in [0.1, 0.15) is 12.8 Å². The number of rotatable bonds is 3. The molecule has 7 heteroatoms. The van der Waals surface area contributed by atoms with Gasteiger partial charge in [-0.3, -0.25) is 0 Å². The van der Waals surface area contributed by atoms with Crippen LogP contribution in [0.25, 0.3) is 0 Å². The summed E-state index contributed by atoms with van der Waals surface area (Å²) in [5.74, 6) is 0.676. The highest BCUT2D eigenvalue weighted by Crippen LogP contribution is 2.24. The zero-order valence-corrected chi connectivity index (χ0v) is 13.1. The second-order valence-electron chi connectivity index (χ2n) is 4.03. The van der Waals surface area contributed by atoms with E-state index in [-0.39, 0.29) is 24.8 Å². The standard InChI is InChI=1S/C11H14Cl2N2O.2ClH/c1-15-4-2-3-8(15)7-16-9-5-10(12)11(13)14-6-9;;/h5-6,8H,2-4,7H2,1H3;2*1H/t8-;;/m0../s1. The largest absolute Gasteiger partial charge is 0.490 e. The van der Waals surface area contributed by atoms with Gasteiger partial charge in [0.15, 0.2) is 0 Å². The topological polar surface area (TPSA) is 25.4 Å². The third-order valence-corrected chi connectivity index (χ3v) is 3.57. The van der Waals surface area contributed by atoms with E-state index in [4.69, 9.17) is 27.9 Å². The lowest BCUT2D eigenvalue weighted by Gasteiger charge is -2.19. The minimum atomic E-state index is 0. The fraction of sp³-hybridized carbons (Fsp3) is 0.545. The van der Waals surface area contributed by atoms with Crippen molar-refractivity contribution in [1.82, 2.24) is 9.88 Å². The lowest BCUT2D eigenvalue weighted by atomic mass is 10.2. The van der Waals surface area contributed by atoms with Crippen molar-refractivity contribution < 1.29 is 4.74 Å². The van der Waals surface area contributed by atoms with Gasteiger partial charge in [0, 0.05) is 12.1 Å². The molecule has 2 heterocycles. The second-order valence-corrected chi connectivity index (χ2v) is 4.80. The van der Waals surface area contributed by atoms with Gasteiger partial charge in [0.2, 0.25) is 0 Å². The predicted octanol–water partition coefficient (Wildman–Crippen LogP) is 3.71. The first kappa shape index (κ1) is 18.1. The van der Waals surface area contributed by atoms with Crippen molar-refractivity contribution in [1.29, 1.82) is 0 Å². The monoisotopic (exact) mass is 332 g/mol. The Hall–Kier alpha value is 0.0700. The van der Waals surface area contributed by atoms with Gasteiger partial charge in [-0.15, -0.1) is 24.8 Å². The van der Waals surface area contributed by atoms with Crippen molar-refractivity contribution in [2.45, 2.75) is 18.9 Å². The van der Waals surface area contributed by atoms with Crippen LogP contribution in [0.3, 0.4) is 0 Å². The summed E-state index contributed by atoms with van der Waals surface area (Å²) in [5.41, 5.74) is 0. The maximum absolute atomic E-state index is 5.85. The van der Waals surface area contributed by atoms with Crippen molar-refractivity contribution >= 4 is 48.0 Å².